The van der Waals surface area contributed by atoms with Gasteiger partial charge in [-0.15, -0.1) is 24.0 Å². The number of anilines is 1. The van der Waals surface area contributed by atoms with Crippen LogP contribution in [0.4, 0.5) is 10.1 Å². The van der Waals surface area contributed by atoms with Crippen molar-refractivity contribution in [3.05, 3.63) is 29.6 Å². The van der Waals surface area contributed by atoms with E-state index in [0.717, 1.165) is 5.56 Å². The fourth-order valence-corrected chi connectivity index (χ4v) is 1.68. The van der Waals surface area contributed by atoms with Gasteiger partial charge in [0.2, 0.25) is 0 Å². The van der Waals surface area contributed by atoms with Crippen molar-refractivity contribution < 1.29 is 4.39 Å². The van der Waals surface area contributed by atoms with Crippen LogP contribution in [0.1, 0.15) is 19.4 Å². The Morgan fingerprint density at radius 1 is 1.35 bits per heavy atom. The summed E-state index contributed by atoms with van der Waals surface area (Å²) < 4.78 is 13.8. The Kier molecular flexibility index (Phi) is 8.52. The smallest absolute Gasteiger partial charge is 0.191 e. The van der Waals surface area contributed by atoms with Crippen molar-refractivity contribution >= 4 is 35.6 Å². The molecular weight excluding hydrogens is 370 g/mol. The molecule has 1 rings (SSSR count). The molecule has 4 nitrogen and oxygen atoms in total. The van der Waals surface area contributed by atoms with Gasteiger partial charge in [0.25, 0.3) is 0 Å². The monoisotopic (exact) mass is 394 g/mol. The highest BCUT2D eigenvalue weighted by Gasteiger charge is 2.06. The van der Waals surface area contributed by atoms with Crippen molar-refractivity contribution in [1.82, 2.24) is 10.6 Å². The molecule has 0 spiro atoms. The number of nitrogens with one attached hydrogen (secondary N) is 2. The van der Waals surface area contributed by atoms with Gasteiger partial charge in [-0.25, -0.2) is 4.39 Å². The first-order valence-electron chi connectivity index (χ1n) is 6.37. The van der Waals surface area contributed by atoms with Crippen molar-refractivity contribution in [2.75, 3.05) is 26.0 Å². The van der Waals surface area contributed by atoms with Gasteiger partial charge in [0, 0.05) is 33.7 Å². The van der Waals surface area contributed by atoms with Crippen molar-refractivity contribution in [3.63, 3.8) is 0 Å². The molecule has 0 saturated carbocycles. The molecule has 1 aromatic rings. The van der Waals surface area contributed by atoms with Gasteiger partial charge >= 0.3 is 0 Å². The van der Waals surface area contributed by atoms with E-state index in [-0.39, 0.29) is 29.8 Å². The van der Waals surface area contributed by atoms with E-state index < -0.39 is 0 Å². The molecule has 0 aromatic heterocycles. The number of hydrogen-bond acceptors (Lipinski definition) is 2. The first-order chi connectivity index (χ1) is 8.93. The summed E-state index contributed by atoms with van der Waals surface area (Å²) in [6, 6.07) is 5.54. The molecule has 0 aliphatic rings. The van der Waals surface area contributed by atoms with E-state index in [2.05, 4.69) is 15.6 Å². The fraction of sp³-hybridized carbons (Fsp3) is 0.500. The molecule has 0 fully saturated rings. The summed E-state index contributed by atoms with van der Waals surface area (Å²) in [5.41, 5.74) is 1.48. The number of rotatable bonds is 4. The standard InChI is InChI=1S/C14H23FN4.HI/c1-10(2)18-14(16-3)17-9-11-6-7-13(19(4)5)12(15)8-11;/h6-8,10H,9H2,1-5H3,(H2,16,17,18);1H. The number of guanidine groups is 1. The molecule has 0 heterocycles. The Balaban J connectivity index is 0.00000361. The minimum Gasteiger partial charge on any atom is -0.375 e. The van der Waals surface area contributed by atoms with Gasteiger partial charge in [-0.3, -0.25) is 4.99 Å². The van der Waals surface area contributed by atoms with Crippen LogP contribution in [-0.2, 0) is 6.54 Å². The van der Waals surface area contributed by atoms with Crippen LogP contribution in [0.15, 0.2) is 23.2 Å². The second-order valence-corrected chi connectivity index (χ2v) is 4.90. The van der Waals surface area contributed by atoms with Crippen LogP contribution in [-0.4, -0.2) is 33.1 Å². The second kappa shape index (κ2) is 8.99. The maximum atomic E-state index is 13.8. The summed E-state index contributed by atoms with van der Waals surface area (Å²) in [6.07, 6.45) is 0. The van der Waals surface area contributed by atoms with Crippen LogP contribution in [0.5, 0.6) is 0 Å². The minimum absolute atomic E-state index is 0. The van der Waals surface area contributed by atoms with Gasteiger partial charge in [-0.2, -0.15) is 0 Å². The average Bonchev–Trinajstić information content (AvgIpc) is 2.33. The van der Waals surface area contributed by atoms with Crippen LogP contribution in [0, 0.1) is 5.82 Å². The quantitative estimate of drug-likeness (QED) is 0.469. The van der Waals surface area contributed by atoms with Gasteiger partial charge in [-0.1, -0.05) is 6.07 Å². The summed E-state index contributed by atoms with van der Waals surface area (Å²) >= 11 is 0. The lowest BCUT2D eigenvalue weighted by molar-refractivity contribution is 0.622. The molecule has 0 atom stereocenters. The highest BCUT2D eigenvalue weighted by Crippen LogP contribution is 2.18. The van der Waals surface area contributed by atoms with Crippen molar-refractivity contribution in [3.8, 4) is 0 Å². The number of benzene rings is 1. The average molecular weight is 394 g/mol. The zero-order valence-corrected chi connectivity index (χ0v) is 15.0. The summed E-state index contributed by atoms with van der Waals surface area (Å²) in [6.45, 7) is 4.62. The molecule has 0 aliphatic carbocycles. The number of nitrogens with zero attached hydrogens (tertiary/aromatic N) is 2. The molecule has 20 heavy (non-hydrogen) atoms. The Bertz CT molecular complexity index is 447. The summed E-state index contributed by atoms with van der Waals surface area (Å²) in [4.78, 5) is 5.86. The van der Waals surface area contributed by atoms with Gasteiger partial charge in [0.1, 0.15) is 5.82 Å². The predicted octanol–water partition coefficient (Wildman–Crippen LogP) is 2.58. The molecule has 0 radical (unpaired) electrons. The first-order valence-corrected chi connectivity index (χ1v) is 6.37. The fourth-order valence-electron chi connectivity index (χ4n) is 1.68. The lowest BCUT2D eigenvalue weighted by atomic mass is 10.2. The highest BCUT2D eigenvalue weighted by atomic mass is 127. The normalized spacial score (nSPS) is 11.1. The molecular formula is C14H24FIN4. The Morgan fingerprint density at radius 2 is 2.00 bits per heavy atom. The van der Waals surface area contributed by atoms with Gasteiger partial charge in [-0.05, 0) is 31.5 Å². The van der Waals surface area contributed by atoms with E-state index in [1.807, 2.05) is 34.0 Å². The number of hydrogen-bond donors (Lipinski definition) is 2. The molecule has 0 unspecified atom stereocenters. The molecule has 114 valence electrons. The molecule has 0 bridgehead atoms. The van der Waals surface area contributed by atoms with Crippen molar-refractivity contribution in [1.29, 1.82) is 0 Å². The number of halogens is 2. The lowest BCUT2D eigenvalue weighted by Gasteiger charge is -2.16. The molecule has 6 heteroatoms. The maximum Gasteiger partial charge on any atom is 0.191 e. The largest absolute Gasteiger partial charge is 0.375 e. The van der Waals surface area contributed by atoms with Crippen LogP contribution in [0.2, 0.25) is 0 Å². The topological polar surface area (TPSA) is 39.7 Å². The molecule has 0 aliphatic heterocycles. The summed E-state index contributed by atoms with van der Waals surface area (Å²) in [5.74, 6) is 0.503. The SMILES string of the molecule is CN=C(NCc1ccc(N(C)C)c(F)c1)NC(C)C.I. The van der Waals surface area contributed by atoms with Crippen LogP contribution < -0.4 is 15.5 Å². The lowest BCUT2D eigenvalue weighted by Crippen LogP contribution is -2.40. The third kappa shape index (κ3) is 5.94. The highest BCUT2D eigenvalue weighted by molar-refractivity contribution is 14.0. The molecule has 0 amide bonds. The third-order valence-corrected chi connectivity index (χ3v) is 2.60. The zero-order valence-electron chi connectivity index (χ0n) is 12.7. The molecule has 2 N–H and O–H groups in total. The summed E-state index contributed by atoms with van der Waals surface area (Å²) in [7, 11) is 5.36. The zero-order chi connectivity index (χ0) is 14.4. The second-order valence-electron chi connectivity index (χ2n) is 4.90. The van der Waals surface area contributed by atoms with Gasteiger partial charge in [0.15, 0.2) is 5.96 Å². The van der Waals surface area contributed by atoms with E-state index in [1.54, 1.807) is 24.1 Å². The molecule has 0 saturated heterocycles. The van der Waals surface area contributed by atoms with Crippen LogP contribution in [0.25, 0.3) is 0 Å². The predicted molar refractivity (Wildman–Crippen MR) is 94.6 cm³/mol. The Hall–Kier alpha value is -1.05. The maximum absolute atomic E-state index is 13.8. The van der Waals surface area contributed by atoms with Crippen molar-refractivity contribution in [2.24, 2.45) is 4.99 Å². The van der Waals surface area contributed by atoms with Gasteiger partial charge in [0.05, 0.1) is 5.69 Å². The van der Waals surface area contributed by atoms with E-state index in [9.17, 15) is 4.39 Å². The Labute approximate surface area is 137 Å². The first kappa shape index (κ1) is 18.9. The minimum atomic E-state index is -0.212. The number of aliphatic imine (C=N–C) groups is 1. The van der Waals surface area contributed by atoms with E-state index in [1.165, 1.54) is 0 Å². The third-order valence-electron chi connectivity index (χ3n) is 2.60. The molecule has 1 aromatic carbocycles. The van der Waals surface area contributed by atoms with Crippen molar-refractivity contribution in [2.45, 2.75) is 26.4 Å². The van der Waals surface area contributed by atoms with E-state index in [0.29, 0.717) is 24.2 Å². The summed E-state index contributed by atoms with van der Waals surface area (Å²) in [5, 5.41) is 6.33. The Morgan fingerprint density at radius 3 is 2.45 bits per heavy atom. The van der Waals surface area contributed by atoms with Gasteiger partial charge < -0.3 is 15.5 Å². The van der Waals surface area contributed by atoms with Crippen LogP contribution in [0.3, 0.4) is 0 Å². The van der Waals surface area contributed by atoms with Crippen LogP contribution >= 0.6 is 24.0 Å². The van der Waals surface area contributed by atoms with E-state index >= 15 is 0 Å². The van der Waals surface area contributed by atoms with E-state index in [4.69, 9.17) is 0 Å².